The maximum Gasteiger partial charge on any atom is 0.306 e. The molecule has 17 heavy (non-hydrogen) atoms. The second kappa shape index (κ2) is 5.14. The lowest BCUT2D eigenvalue weighted by molar-refractivity contribution is -0.143. The van der Waals surface area contributed by atoms with Gasteiger partial charge in [0.2, 0.25) is 5.78 Å². The predicted octanol–water partition coefficient (Wildman–Crippen LogP) is 1.26. The number of ketones is 1. The highest BCUT2D eigenvalue weighted by Gasteiger charge is 2.25. The molecule has 92 valence electrons. The molecular weight excluding hydrogens is 222 g/mol. The van der Waals surface area contributed by atoms with Gasteiger partial charge in [0, 0.05) is 0 Å². The van der Waals surface area contributed by atoms with Crippen LogP contribution >= 0.6 is 0 Å². The number of carbonyl (C=O) groups excluding carboxylic acids is 1. The van der Waals surface area contributed by atoms with E-state index in [1.54, 1.807) is 12.1 Å². The molecule has 1 aromatic rings. The molecule has 1 aliphatic rings. The number of nitrogens with zero attached hydrogens (tertiary/aromatic N) is 1. The molecule has 0 unspecified atom stereocenters. The smallest absolute Gasteiger partial charge is 0.306 e. The topological polar surface area (TPSA) is 70.8 Å². The van der Waals surface area contributed by atoms with Crippen molar-refractivity contribution in [1.82, 2.24) is 4.90 Å². The van der Waals surface area contributed by atoms with Crippen LogP contribution in [0, 0.1) is 5.92 Å². The quantitative estimate of drug-likeness (QED) is 0.798. The fraction of sp³-hybridized carbons (Fsp3) is 0.500. The van der Waals surface area contributed by atoms with Crippen LogP contribution in [-0.2, 0) is 4.79 Å². The van der Waals surface area contributed by atoms with Crippen LogP contribution in [0.15, 0.2) is 22.8 Å². The van der Waals surface area contributed by atoms with E-state index in [4.69, 9.17) is 9.52 Å². The largest absolute Gasteiger partial charge is 0.481 e. The van der Waals surface area contributed by atoms with E-state index >= 15 is 0 Å². The first-order valence-electron chi connectivity index (χ1n) is 5.68. The van der Waals surface area contributed by atoms with Crippen molar-refractivity contribution in [1.29, 1.82) is 0 Å². The number of likely N-dealkylation sites (tertiary alicyclic amines) is 1. The van der Waals surface area contributed by atoms with Gasteiger partial charge in [-0.15, -0.1) is 0 Å². The monoisotopic (exact) mass is 237 g/mol. The first kappa shape index (κ1) is 11.9. The van der Waals surface area contributed by atoms with Gasteiger partial charge in [-0.05, 0) is 38.1 Å². The zero-order chi connectivity index (χ0) is 12.3. The number of aliphatic carboxylic acids is 1. The average Bonchev–Trinajstić information content (AvgIpc) is 2.83. The average molecular weight is 237 g/mol. The number of carbonyl (C=O) groups is 2. The van der Waals surface area contributed by atoms with Gasteiger partial charge in [0.05, 0.1) is 18.7 Å². The van der Waals surface area contributed by atoms with Crippen LogP contribution in [-0.4, -0.2) is 41.4 Å². The molecule has 0 saturated carbocycles. The summed E-state index contributed by atoms with van der Waals surface area (Å²) in [6, 6.07) is 3.33. The lowest BCUT2D eigenvalue weighted by Crippen LogP contribution is -2.39. The van der Waals surface area contributed by atoms with Crippen molar-refractivity contribution < 1.29 is 19.1 Å². The SMILES string of the molecule is O=C(CN1CCC(C(=O)O)CC1)c1ccco1. The zero-order valence-electron chi connectivity index (χ0n) is 9.46. The summed E-state index contributed by atoms with van der Waals surface area (Å²) in [7, 11) is 0. The molecule has 1 saturated heterocycles. The van der Waals surface area contributed by atoms with Crippen molar-refractivity contribution in [3.05, 3.63) is 24.2 Å². The Morgan fingerprint density at radius 1 is 1.41 bits per heavy atom. The molecule has 0 spiro atoms. The van der Waals surface area contributed by atoms with Crippen molar-refractivity contribution in [3.8, 4) is 0 Å². The Kier molecular flexibility index (Phi) is 3.58. The molecule has 1 N–H and O–H groups in total. The number of hydrogen-bond donors (Lipinski definition) is 1. The Balaban J connectivity index is 1.82. The Bertz CT molecular complexity index is 391. The van der Waals surface area contributed by atoms with Crippen LogP contribution in [0.5, 0.6) is 0 Å². The molecule has 5 heteroatoms. The van der Waals surface area contributed by atoms with Gasteiger partial charge in [0.1, 0.15) is 0 Å². The molecule has 1 aromatic heterocycles. The fourth-order valence-electron chi connectivity index (χ4n) is 2.06. The van der Waals surface area contributed by atoms with E-state index in [1.165, 1.54) is 6.26 Å². The predicted molar refractivity (Wildman–Crippen MR) is 59.8 cm³/mol. The molecule has 0 aromatic carbocycles. The van der Waals surface area contributed by atoms with Gasteiger partial charge in [0.25, 0.3) is 0 Å². The Morgan fingerprint density at radius 2 is 2.12 bits per heavy atom. The van der Waals surface area contributed by atoms with E-state index in [0.717, 1.165) is 0 Å². The highest BCUT2D eigenvalue weighted by molar-refractivity contribution is 5.95. The maximum atomic E-state index is 11.7. The van der Waals surface area contributed by atoms with Crippen LogP contribution in [0.4, 0.5) is 0 Å². The molecule has 5 nitrogen and oxygen atoms in total. The molecule has 0 aliphatic carbocycles. The summed E-state index contributed by atoms with van der Waals surface area (Å²) in [6.07, 6.45) is 2.70. The highest BCUT2D eigenvalue weighted by atomic mass is 16.4. The normalized spacial score (nSPS) is 18.1. The first-order valence-corrected chi connectivity index (χ1v) is 5.68. The molecule has 1 fully saturated rings. The number of furan rings is 1. The van der Waals surface area contributed by atoms with Gasteiger partial charge in [-0.2, -0.15) is 0 Å². The van der Waals surface area contributed by atoms with Gasteiger partial charge in [0.15, 0.2) is 5.76 Å². The van der Waals surface area contributed by atoms with Crippen LogP contribution in [0.3, 0.4) is 0 Å². The van der Waals surface area contributed by atoms with Crippen molar-refractivity contribution in [2.75, 3.05) is 19.6 Å². The fourth-order valence-corrected chi connectivity index (χ4v) is 2.06. The van der Waals surface area contributed by atoms with Crippen molar-refractivity contribution in [2.24, 2.45) is 5.92 Å². The van der Waals surface area contributed by atoms with Crippen LogP contribution < -0.4 is 0 Å². The third-order valence-electron chi connectivity index (χ3n) is 3.10. The van der Waals surface area contributed by atoms with E-state index in [0.29, 0.717) is 38.2 Å². The lowest BCUT2D eigenvalue weighted by Gasteiger charge is -2.29. The van der Waals surface area contributed by atoms with Gasteiger partial charge in [-0.1, -0.05) is 0 Å². The maximum absolute atomic E-state index is 11.7. The van der Waals surface area contributed by atoms with Crippen LogP contribution in [0.1, 0.15) is 23.4 Å². The summed E-state index contributed by atoms with van der Waals surface area (Å²) >= 11 is 0. The highest BCUT2D eigenvalue weighted by Crippen LogP contribution is 2.17. The summed E-state index contributed by atoms with van der Waals surface area (Å²) in [5.41, 5.74) is 0. The molecule has 1 aliphatic heterocycles. The van der Waals surface area contributed by atoms with Gasteiger partial charge in [-0.25, -0.2) is 0 Å². The molecule has 0 amide bonds. The molecule has 0 radical (unpaired) electrons. The summed E-state index contributed by atoms with van der Waals surface area (Å²) in [5, 5.41) is 8.86. The number of hydrogen-bond acceptors (Lipinski definition) is 4. The minimum Gasteiger partial charge on any atom is -0.481 e. The minimum absolute atomic E-state index is 0.0521. The summed E-state index contributed by atoms with van der Waals surface area (Å²) < 4.78 is 5.03. The van der Waals surface area contributed by atoms with Crippen molar-refractivity contribution in [3.63, 3.8) is 0 Å². The van der Waals surface area contributed by atoms with Crippen LogP contribution in [0.25, 0.3) is 0 Å². The molecule has 2 rings (SSSR count). The number of carboxylic acid groups (broad SMARTS) is 1. The van der Waals surface area contributed by atoms with Gasteiger partial charge < -0.3 is 9.52 Å². The van der Waals surface area contributed by atoms with Crippen molar-refractivity contribution >= 4 is 11.8 Å². The minimum atomic E-state index is -0.734. The molecular formula is C12H15NO4. The molecule has 0 bridgehead atoms. The number of piperidine rings is 1. The van der Waals surface area contributed by atoms with Crippen molar-refractivity contribution in [2.45, 2.75) is 12.8 Å². The standard InChI is InChI=1S/C12H15NO4/c14-10(11-2-1-7-17-11)8-13-5-3-9(4-6-13)12(15)16/h1-2,7,9H,3-6,8H2,(H,15,16). The lowest BCUT2D eigenvalue weighted by atomic mass is 9.97. The molecule has 0 atom stereocenters. The third kappa shape index (κ3) is 2.94. The number of rotatable bonds is 4. The Hall–Kier alpha value is -1.62. The molecule has 2 heterocycles. The van der Waals surface area contributed by atoms with Crippen LogP contribution in [0.2, 0.25) is 0 Å². The van der Waals surface area contributed by atoms with E-state index in [-0.39, 0.29) is 11.7 Å². The van der Waals surface area contributed by atoms with E-state index in [1.807, 2.05) is 4.90 Å². The van der Waals surface area contributed by atoms with E-state index in [9.17, 15) is 9.59 Å². The summed E-state index contributed by atoms with van der Waals surface area (Å²) in [4.78, 5) is 24.5. The number of carboxylic acids is 1. The Labute approximate surface area is 99.0 Å². The zero-order valence-corrected chi connectivity index (χ0v) is 9.46. The second-order valence-electron chi connectivity index (χ2n) is 4.29. The Morgan fingerprint density at radius 3 is 2.65 bits per heavy atom. The van der Waals surface area contributed by atoms with E-state index < -0.39 is 5.97 Å². The first-order chi connectivity index (χ1) is 8.16. The van der Waals surface area contributed by atoms with Gasteiger partial charge in [-0.3, -0.25) is 14.5 Å². The summed E-state index contributed by atoms with van der Waals surface area (Å²) in [6.45, 7) is 1.62. The summed E-state index contributed by atoms with van der Waals surface area (Å²) in [5.74, 6) is -0.680. The number of Topliss-reactive ketones (excluding diaryl/α,β-unsaturated/α-hetero) is 1. The van der Waals surface area contributed by atoms with Gasteiger partial charge >= 0.3 is 5.97 Å². The van der Waals surface area contributed by atoms with E-state index in [2.05, 4.69) is 0 Å². The second-order valence-corrected chi connectivity index (χ2v) is 4.29. The third-order valence-corrected chi connectivity index (χ3v) is 3.10.